The van der Waals surface area contributed by atoms with Gasteiger partial charge in [0, 0.05) is 0 Å². The second-order valence-electron chi connectivity index (χ2n) is 4.47. The van der Waals surface area contributed by atoms with Gasteiger partial charge in [0.15, 0.2) is 0 Å². The highest BCUT2D eigenvalue weighted by molar-refractivity contribution is 7.89. The smallest absolute Gasteiger partial charge is 0.242 e. The minimum absolute atomic E-state index is 0.145. The van der Waals surface area contributed by atoms with Crippen LogP contribution in [-0.4, -0.2) is 21.1 Å². The highest BCUT2D eigenvalue weighted by Crippen LogP contribution is 2.21. The van der Waals surface area contributed by atoms with Crippen LogP contribution in [-0.2, 0) is 10.0 Å². The van der Waals surface area contributed by atoms with E-state index in [4.69, 9.17) is 10.00 Å². The Kier molecular flexibility index (Phi) is 3.99. The normalized spacial score (nSPS) is 11.9. The maximum Gasteiger partial charge on any atom is 0.242 e. The summed E-state index contributed by atoms with van der Waals surface area (Å²) in [7, 11) is -2.20. The van der Waals surface area contributed by atoms with Gasteiger partial charge in [0.05, 0.1) is 18.1 Å². The third-order valence-corrected chi connectivity index (χ3v) is 4.16. The van der Waals surface area contributed by atoms with E-state index in [0.29, 0.717) is 11.3 Å². The molecule has 0 aliphatic rings. The molecule has 1 rings (SSSR count). The van der Waals surface area contributed by atoms with Crippen molar-refractivity contribution in [1.82, 2.24) is 4.72 Å². The summed E-state index contributed by atoms with van der Waals surface area (Å²) < 4.78 is 31.6. The van der Waals surface area contributed by atoms with Gasteiger partial charge in [-0.2, -0.15) is 9.98 Å². The zero-order valence-electron chi connectivity index (χ0n) is 10.8. The standard InChI is InChI=1S/C12H16N2O3S/c1-9-7-10(17-4)5-6-11(9)18(15,16)14-12(2,3)8-13/h5-7,14H,1-4H3. The van der Waals surface area contributed by atoms with E-state index in [1.807, 2.05) is 6.07 Å². The molecule has 6 heteroatoms. The molecule has 0 spiro atoms. The second-order valence-corrected chi connectivity index (χ2v) is 6.12. The van der Waals surface area contributed by atoms with Gasteiger partial charge in [0.1, 0.15) is 11.3 Å². The molecule has 0 saturated heterocycles. The van der Waals surface area contributed by atoms with E-state index in [1.165, 1.54) is 27.0 Å². The fourth-order valence-corrected chi connectivity index (χ4v) is 3.02. The van der Waals surface area contributed by atoms with E-state index in [1.54, 1.807) is 19.1 Å². The first-order valence-corrected chi connectivity index (χ1v) is 6.80. The van der Waals surface area contributed by atoms with Gasteiger partial charge in [0.2, 0.25) is 10.0 Å². The highest BCUT2D eigenvalue weighted by atomic mass is 32.2. The minimum Gasteiger partial charge on any atom is -0.497 e. The summed E-state index contributed by atoms with van der Waals surface area (Å²) in [5, 5.41) is 8.86. The summed E-state index contributed by atoms with van der Waals surface area (Å²) in [5.41, 5.74) is -0.582. The topological polar surface area (TPSA) is 79.2 Å². The number of sulfonamides is 1. The van der Waals surface area contributed by atoms with Crippen LogP contribution in [0, 0.1) is 18.3 Å². The van der Waals surface area contributed by atoms with Gasteiger partial charge in [-0.15, -0.1) is 0 Å². The number of ether oxygens (including phenoxy) is 1. The molecule has 0 aliphatic heterocycles. The summed E-state index contributed by atoms with van der Waals surface area (Å²) in [5.74, 6) is 0.589. The maximum absolute atomic E-state index is 12.1. The van der Waals surface area contributed by atoms with E-state index >= 15 is 0 Å². The van der Waals surface area contributed by atoms with Crippen molar-refractivity contribution in [3.63, 3.8) is 0 Å². The number of nitrogens with one attached hydrogen (secondary N) is 1. The van der Waals surface area contributed by atoms with Crippen molar-refractivity contribution >= 4 is 10.0 Å². The van der Waals surface area contributed by atoms with Crippen LogP contribution in [0.1, 0.15) is 19.4 Å². The van der Waals surface area contributed by atoms with Crippen molar-refractivity contribution in [3.8, 4) is 11.8 Å². The average molecular weight is 268 g/mol. The molecule has 1 N–H and O–H groups in total. The Labute approximate surface area is 107 Å². The predicted octanol–water partition coefficient (Wildman–Crippen LogP) is 1.58. The summed E-state index contributed by atoms with van der Waals surface area (Å²) in [6.07, 6.45) is 0. The molecular formula is C12H16N2O3S. The maximum atomic E-state index is 12.1. The van der Waals surface area contributed by atoms with Gasteiger partial charge in [-0.25, -0.2) is 8.42 Å². The lowest BCUT2D eigenvalue weighted by Crippen LogP contribution is -2.42. The molecule has 18 heavy (non-hydrogen) atoms. The zero-order chi connectivity index (χ0) is 14.0. The van der Waals surface area contributed by atoms with Gasteiger partial charge < -0.3 is 4.74 Å². The quantitative estimate of drug-likeness (QED) is 0.899. The Hall–Kier alpha value is -1.58. The number of nitriles is 1. The van der Waals surface area contributed by atoms with Crippen LogP contribution >= 0.6 is 0 Å². The largest absolute Gasteiger partial charge is 0.497 e. The first kappa shape index (κ1) is 14.5. The van der Waals surface area contributed by atoms with Crippen molar-refractivity contribution in [1.29, 1.82) is 5.26 Å². The summed E-state index contributed by atoms with van der Waals surface area (Å²) in [6, 6.07) is 6.56. The van der Waals surface area contributed by atoms with Crippen LogP contribution < -0.4 is 9.46 Å². The molecule has 5 nitrogen and oxygen atoms in total. The second kappa shape index (κ2) is 4.96. The fraction of sp³-hybridized carbons (Fsp3) is 0.417. The number of methoxy groups -OCH3 is 1. The lowest BCUT2D eigenvalue weighted by atomic mass is 10.1. The molecule has 0 radical (unpaired) electrons. The van der Waals surface area contributed by atoms with Crippen molar-refractivity contribution in [3.05, 3.63) is 23.8 Å². The van der Waals surface area contributed by atoms with Gasteiger partial charge in [-0.1, -0.05) is 0 Å². The number of rotatable bonds is 4. The zero-order valence-corrected chi connectivity index (χ0v) is 11.6. The van der Waals surface area contributed by atoms with Crippen molar-refractivity contribution in [2.75, 3.05) is 7.11 Å². The third kappa shape index (κ3) is 3.22. The van der Waals surface area contributed by atoms with Crippen LogP contribution in [0.4, 0.5) is 0 Å². The molecule has 0 atom stereocenters. The van der Waals surface area contributed by atoms with Gasteiger partial charge in [0.25, 0.3) is 0 Å². The summed E-state index contributed by atoms with van der Waals surface area (Å²) in [6.45, 7) is 4.68. The highest BCUT2D eigenvalue weighted by Gasteiger charge is 2.27. The van der Waals surface area contributed by atoms with Crippen LogP contribution in [0.5, 0.6) is 5.75 Å². The van der Waals surface area contributed by atoms with Gasteiger partial charge in [-0.05, 0) is 44.5 Å². The Morgan fingerprint density at radius 1 is 1.39 bits per heavy atom. The molecule has 0 bridgehead atoms. The Balaban J connectivity index is 3.19. The Morgan fingerprint density at radius 3 is 2.44 bits per heavy atom. The molecule has 0 fully saturated rings. The molecule has 0 heterocycles. The number of hydrogen-bond donors (Lipinski definition) is 1. The molecule has 0 aromatic heterocycles. The number of aryl methyl sites for hydroxylation is 1. The summed E-state index contributed by atoms with van der Waals surface area (Å²) in [4.78, 5) is 0.145. The first-order valence-electron chi connectivity index (χ1n) is 5.32. The van der Waals surface area contributed by atoms with E-state index < -0.39 is 15.6 Å². The SMILES string of the molecule is COc1ccc(S(=O)(=O)NC(C)(C)C#N)c(C)c1. The lowest BCUT2D eigenvalue weighted by molar-refractivity contribution is 0.414. The summed E-state index contributed by atoms with van der Waals surface area (Å²) >= 11 is 0. The molecule has 0 unspecified atom stereocenters. The average Bonchev–Trinajstić information content (AvgIpc) is 2.27. The Bertz CT molecular complexity index is 586. The lowest BCUT2D eigenvalue weighted by Gasteiger charge is -2.18. The van der Waals surface area contributed by atoms with Crippen molar-refractivity contribution < 1.29 is 13.2 Å². The third-order valence-electron chi connectivity index (χ3n) is 2.34. The number of benzene rings is 1. The monoisotopic (exact) mass is 268 g/mol. The van der Waals surface area contributed by atoms with E-state index in [9.17, 15) is 8.42 Å². The van der Waals surface area contributed by atoms with Crippen LogP contribution in [0.3, 0.4) is 0 Å². The van der Waals surface area contributed by atoms with Gasteiger partial charge >= 0.3 is 0 Å². The Morgan fingerprint density at radius 2 is 2.00 bits per heavy atom. The van der Waals surface area contributed by atoms with E-state index in [0.717, 1.165) is 0 Å². The van der Waals surface area contributed by atoms with Crippen molar-refractivity contribution in [2.24, 2.45) is 0 Å². The van der Waals surface area contributed by atoms with Crippen molar-refractivity contribution in [2.45, 2.75) is 31.2 Å². The molecule has 1 aromatic rings. The molecule has 0 amide bonds. The number of hydrogen-bond acceptors (Lipinski definition) is 4. The molecule has 1 aromatic carbocycles. The first-order chi connectivity index (χ1) is 8.22. The minimum atomic E-state index is -3.71. The molecule has 0 saturated carbocycles. The predicted molar refractivity (Wildman–Crippen MR) is 67.7 cm³/mol. The van der Waals surface area contributed by atoms with Crippen LogP contribution in [0.15, 0.2) is 23.1 Å². The van der Waals surface area contributed by atoms with Gasteiger partial charge in [-0.3, -0.25) is 0 Å². The molecular weight excluding hydrogens is 252 g/mol. The van der Waals surface area contributed by atoms with E-state index in [2.05, 4.69) is 4.72 Å². The molecule has 0 aliphatic carbocycles. The number of nitrogens with zero attached hydrogens (tertiary/aromatic N) is 1. The molecule has 98 valence electrons. The fourth-order valence-electron chi connectivity index (χ4n) is 1.46. The van der Waals surface area contributed by atoms with Crippen LogP contribution in [0.2, 0.25) is 0 Å². The van der Waals surface area contributed by atoms with Crippen LogP contribution in [0.25, 0.3) is 0 Å². The van der Waals surface area contributed by atoms with E-state index in [-0.39, 0.29) is 4.90 Å².